The van der Waals surface area contributed by atoms with Crippen LogP contribution in [-0.2, 0) is 0 Å². The molecule has 0 fully saturated rings. The van der Waals surface area contributed by atoms with Crippen LogP contribution in [-0.4, -0.2) is 87.4 Å². The SMILES string of the molecule is COc1ncc(-c2cnc(C)nc2N[C@@H](C)c2cc3cccc(-c4ccnc(C)c4)c3c(=O)n2-c2ccccc2)s1.[C-]#[N+]c1cnc(C)nc1N[C@@H](C)c1cc2cccc(O)c2c(=O)n1-c1ccccc1.[C-]#[N+]c1cnc(C)nc1N[C@@H](C)c1cc2cccc(OC)c2c(=O)n1-c1ccccc1.[C-]#[N+]c1cnc(C)nc1N[C@@H](C)c1cc2cccc(Oc3ccccc3)c2c(=O)n1-c1ccccc1. The topological polar surface area (TPSA) is 326 Å². The van der Waals surface area contributed by atoms with Crippen LogP contribution in [0.4, 0.5) is 40.3 Å². The van der Waals surface area contributed by atoms with E-state index in [-0.39, 0.29) is 57.5 Å². The van der Waals surface area contributed by atoms with Gasteiger partial charge in [-0.2, -0.15) is 0 Å². The number of phenolic OH excluding ortho intramolecular Hbond substituents is 1. The predicted octanol–water partition coefficient (Wildman–Crippen LogP) is 22.7. The van der Waals surface area contributed by atoms with Crippen molar-refractivity contribution in [1.82, 2.24) is 68.1 Å². The molecule has 10 heterocycles. The molecule has 0 spiro atoms. The van der Waals surface area contributed by atoms with Crippen molar-refractivity contribution < 1.29 is 19.3 Å². The molecule has 0 unspecified atom stereocenters. The van der Waals surface area contributed by atoms with E-state index >= 15 is 0 Å². The highest BCUT2D eigenvalue weighted by atomic mass is 32.1. The Morgan fingerprint density at radius 1 is 0.355 bits per heavy atom. The lowest BCUT2D eigenvalue weighted by atomic mass is 9.98. The third-order valence-corrected chi connectivity index (χ3v) is 23.7. The van der Waals surface area contributed by atoms with Gasteiger partial charge >= 0.3 is 0 Å². The minimum absolute atomic E-state index is 0.0592. The highest BCUT2D eigenvalue weighted by Crippen LogP contribution is 2.40. The van der Waals surface area contributed by atoms with E-state index in [1.54, 1.807) is 96.1 Å². The summed E-state index contributed by atoms with van der Waals surface area (Å²) < 4.78 is 23.6. The minimum Gasteiger partial charge on any atom is -0.507 e. The van der Waals surface area contributed by atoms with Crippen LogP contribution in [0.25, 0.3) is 102 Å². The van der Waals surface area contributed by atoms with Crippen LogP contribution in [0.2, 0.25) is 0 Å². The summed E-state index contributed by atoms with van der Waals surface area (Å²) in [6.45, 7) is 39.1. The van der Waals surface area contributed by atoms with E-state index in [9.17, 15) is 24.3 Å². The van der Waals surface area contributed by atoms with Gasteiger partial charge in [-0.15, -0.1) is 0 Å². The second-order valence-corrected chi connectivity index (χ2v) is 33.1. The average molecular weight is 1840 g/mol. The van der Waals surface area contributed by atoms with Gasteiger partial charge in [0, 0.05) is 88.4 Å². The van der Waals surface area contributed by atoms with E-state index in [1.165, 1.54) is 36.0 Å². The van der Waals surface area contributed by atoms with Crippen LogP contribution >= 0.6 is 11.3 Å². The van der Waals surface area contributed by atoms with Gasteiger partial charge in [-0.25, -0.2) is 44.4 Å². The molecule has 0 aliphatic carbocycles. The first kappa shape index (κ1) is 93.0. The van der Waals surface area contributed by atoms with Crippen molar-refractivity contribution in [2.75, 3.05) is 35.5 Å². The summed E-state index contributed by atoms with van der Waals surface area (Å²) in [5.41, 5.74) is 9.61. The Morgan fingerprint density at radius 2 is 0.710 bits per heavy atom. The lowest BCUT2D eigenvalue weighted by Crippen LogP contribution is -2.26. The number of fused-ring (bicyclic) bond motifs is 4. The fourth-order valence-electron chi connectivity index (χ4n) is 16.2. The number of nitrogens with one attached hydrogen (secondary N) is 4. The lowest BCUT2D eigenvalue weighted by Gasteiger charge is -2.23. The molecule has 9 aromatic carbocycles. The van der Waals surface area contributed by atoms with Crippen LogP contribution in [0.3, 0.4) is 0 Å². The van der Waals surface area contributed by atoms with E-state index < -0.39 is 0 Å². The smallest absolute Gasteiger partial charge is 0.273 e. The number of phenols is 1. The number of aromatic nitrogens is 14. The van der Waals surface area contributed by atoms with Gasteiger partial charge in [-0.05, 0) is 210 Å². The van der Waals surface area contributed by atoms with Crippen molar-refractivity contribution in [2.24, 2.45) is 0 Å². The summed E-state index contributed by atoms with van der Waals surface area (Å²) in [7, 11) is 3.15. The molecule has 0 saturated heterocycles. The standard InChI is InChI=1S/C32H28N6O2S.C29H23N5O2.C24H21N5O2.C23H19N5O2/c1-19-15-22(13-14-33-19)25-12-8-9-23-16-27(38(31(39)29(23)25)24-10-6-5-7-11-24)20(2)36-30-26(17-34-21(3)37-30)28-18-35-32(40-4)41-28;1-19(32-28-24(30-3)18-31-20(2)33-28)25-17-21-11-10-16-26(36-23-14-8-5-9-15-23)27(21)29(35)34(25)22-12-6-4-7-13-22;1-15(27-23-19(25-3)14-26-16(2)28-23)20-13-17-9-8-12-21(31-4)22(17)24(30)29(20)18-10-6-5-7-11-18;1-14(26-22-18(24-3)13-25-15(2)27-22)19-12-16-8-7-11-20(29)21(16)23(30)28(19)17-9-5-4-6-10-17/h5-18,20H,1-4H3,(H,34,36,37);4-19H,1-2H3,(H,31,32,33);5-15H,1-2,4H3,(H,26,27,28);4-14,29H,1-2H3,(H,25,26,27)/t20-;19-;15-;14-/m0000/s1. The van der Waals surface area contributed by atoms with Gasteiger partial charge in [0.05, 0.1) is 90.1 Å². The Bertz CT molecular complexity index is 8170. The van der Waals surface area contributed by atoms with Gasteiger partial charge in [-0.3, -0.25) is 57.4 Å². The maximum atomic E-state index is 14.4. The van der Waals surface area contributed by atoms with E-state index in [0.717, 1.165) is 77.6 Å². The Hall–Kier alpha value is -18.2. The molecule has 10 aromatic heterocycles. The van der Waals surface area contributed by atoms with Crippen LogP contribution in [0.1, 0.15) is 104 Å². The van der Waals surface area contributed by atoms with Crippen molar-refractivity contribution in [3.05, 3.63) is 425 Å². The van der Waals surface area contributed by atoms with E-state index in [1.807, 2.05) is 266 Å². The van der Waals surface area contributed by atoms with Crippen molar-refractivity contribution in [3.8, 4) is 72.5 Å². The number of pyridine rings is 5. The van der Waals surface area contributed by atoms with Gasteiger partial charge in [0.25, 0.3) is 27.4 Å². The number of aryl methyl sites for hydroxylation is 5. The van der Waals surface area contributed by atoms with Crippen molar-refractivity contribution in [3.63, 3.8) is 0 Å². The fraction of sp³-hybridized carbons (Fsp3) is 0.139. The molecule has 0 amide bonds. The third-order valence-electron chi connectivity index (χ3n) is 22.7. The second-order valence-electron chi connectivity index (χ2n) is 32.1. The highest BCUT2D eigenvalue weighted by Gasteiger charge is 2.27. The number of thiazole rings is 1. The second kappa shape index (κ2) is 41.7. The molecule has 0 aliphatic rings. The van der Waals surface area contributed by atoms with Gasteiger partial charge < -0.3 is 40.6 Å². The summed E-state index contributed by atoms with van der Waals surface area (Å²) in [5, 5.41) is 29.3. The van der Waals surface area contributed by atoms with Crippen LogP contribution < -0.4 is 57.7 Å². The summed E-state index contributed by atoms with van der Waals surface area (Å²) in [6.07, 6.45) is 9.80. The van der Waals surface area contributed by atoms with Gasteiger partial charge in [0.15, 0.2) is 0 Å². The summed E-state index contributed by atoms with van der Waals surface area (Å²) in [5.74, 6) is 5.84. The largest absolute Gasteiger partial charge is 0.507 e. The van der Waals surface area contributed by atoms with Crippen molar-refractivity contribution >= 4 is 94.8 Å². The highest BCUT2D eigenvalue weighted by molar-refractivity contribution is 7.16. The zero-order valence-electron chi connectivity index (χ0n) is 76.9. The normalized spacial score (nSPS) is 11.7. The zero-order chi connectivity index (χ0) is 96.8. The molecule has 29 nitrogen and oxygen atoms in total. The lowest BCUT2D eigenvalue weighted by molar-refractivity contribution is 0.412. The quantitative estimate of drug-likeness (QED) is 0.0394. The summed E-state index contributed by atoms with van der Waals surface area (Å²) in [4.78, 5) is 110. The maximum absolute atomic E-state index is 14.4. The van der Waals surface area contributed by atoms with Crippen LogP contribution in [0, 0.1) is 54.3 Å². The number of hydrogen-bond acceptors (Lipinski definition) is 23. The van der Waals surface area contributed by atoms with E-state index in [4.69, 9.17) is 38.9 Å². The first-order valence-electron chi connectivity index (χ1n) is 43.9. The zero-order valence-corrected chi connectivity index (χ0v) is 77.7. The van der Waals surface area contributed by atoms with Crippen LogP contribution in [0.15, 0.2) is 317 Å². The fourth-order valence-corrected chi connectivity index (χ4v) is 17.0. The molecular formula is C108H91N21O8S. The Morgan fingerprint density at radius 3 is 1.12 bits per heavy atom. The Kier molecular flexibility index (Phi) is 28.1. The van der Waals surface area contributed by atoms with Crippen LogP contribution in [0.5, 0.6) is 28.2 Å². The van der Waals surface area contributed by atoms with E-state index in [2.05, 4.69) is 86.7 Å². The number of hydrogen-bond donors (Lipinski definition) is 5. The Balaban J connectivity index is 0.000000134. The number of rotatable bonds is 22. The number of aromatic hydroxyl groups is 1. The Labute approximate surface area is 797 Å². The molecule has 4 atom stereocenters. The summed E-state index contributed by atoms with van der Waals surface area (Å²) in [6, 6.07) is 79.9. The summed E-state index contributed by atoms with van der Waals surface area (Å²) >= 11 is 1.42. The van der Waals surface area contributed by atoms with Crippen molar-refractivity contribution in [1.29, 1.82) is 0 Å². The molecule has 0 saturated carbocycles. The average Bonchev–Trinajstić information content (AvgIpc) is 1.29. The minimum atomic E-state index is -0.362. The van der Waals surface area contributed by atoms with E-state index in [0.29, 0.717) is 119 Å². The van der Waals surface area contributed by atoms with Crippen molar-refractivity contribution in [2.45, 2.75) is 86.5 Å². The molecule has 682 valence electrons. The van der Waals surface area contributed by atoms with Gasteiger partial charge in [0.1, 0.15) is 69.6 Å². The number of para-hydroxylation sites is 5. The number of nitrogens with zero attached hydrogens (tertiary/aromatic N) is 17. The third kappa shape index (κ3) is 20.1. The molecule has 5 N–H and O–H groups in total. The molecule has 19 aromatic rings. The molecule has 0 radical (unpaired) electrons. The number of anilines is 4. The number of benzene rings is 9. The van der Waals surface area contributed by atoms with Gasteiger partial charge in [0.2, 0.25) is 17.1 Å². The molecule has 0 bridgehead atoms. The molecule has 0 aliphatic heterocycles. The number of ether oxygens (including phenoxy) is 3. The molecular weight excluding hydrogens is 1750 g/mol. The molecule has 30 heteroatoms. The monoisotopic (exact) mass is 1840 g/mol. The first-order chi connectivity index (χ1) is 67.0. The first-order valence-corrected chi connectivity index (χ1v) is 44.7. The number of methoxy groups -OCH3 is 2. The predicted molar refractivity (Wildman–Crippen MR) is 543 cm³/mol. The maximum Gasteiger partial charge on any atom is 0.273 e. The molecule has 138 heavy (non-hydrogen) atoms. The van der Waals surface area contributed by atoms with Gasteiger partial charge in [-0.1, -0.05) is 157 Å². The molecule has 19 rings (SSSR count).